The van der Waals surface area contributed by atoms with Crippen LogP contribution in [-0.4, -0.2) is 5.25 Å². The van der Waals surface area contributed by atoms with Gasteiger partial charge in [0.15, 0.2) is 0 Å². The van der Waals surface area contributed by atoms with E-state index in [9.17, 15) is 4.39 Å². The molecule has 0 aliphatic carbocycles. The highest BCUT2D eigenvalue weighted by molar-refractivity contribution is 8.00. The first-order valence-corrected chi connectivity index (χ1v) is 5.87. The minimum absolute atomic E-state index is 0.100. The molecule has 80 valence electrons. The van der Waals surface area contributed by atoms with Gasteiger partial charge in [-0.05, 0) is 24.1 Å². The first kappa shape index (κ1) is 12.1. The molecule has 0 aliphatic rings. The summed E-state index contributed by atoms with van der Waals surface area (Å²) < 4.78 is 12.9. The third-order valence-corrected chi connectivity index (χ3v) is 3.70. The van der Waals surface area contributed by atoms with E-state index >= 15 is 0 Å². The zero-order valence-corrected chi connectivity index (χ0v) is 9.72. The van der Waals surface area contributed by atoms with E-state index in [0.29, 0.717) is 5.92 Å². The normalized spacial score (nSPS) is 14.3. The highest BCUT2D eigenvalue weighted by Gasteiger charge is 2.16. The van der Waals surface area contributed by atoms with E-state index in [0.717, 1.165) is 11.3 Å². The van der Waals surface area contributed by atoms with Crippen LogP contribution >= 0.6 is 11.8 Å². The van der Waals surface area contributed by atoms with E-state index in [-0.39, 0.29) is 11.1 Å². The molecule has 1 nitrogen and oxygen atoms in total. The fraction of sp³-hybridized carbons (Fsp3) is 0.417. The molecule has 0 aliphatic heterocycles. The summed E-state index contributed by atoms with van der Waals surface area (Å²) in [5, 5.41) is 8.89. The first-order valence-electron chi connectivity index (χ1n) is 4.99. The molecule has 0 N–H and O–H groups in total. The molecule has 0 amide bonds. The number of hydrogen-bond donors (Lipinski definition) is 0. The maximum atomic E-state index is 12.9. The molecule has 1 aromatic carbocycles. The van der Waals surface area contributed by atoms with Gasteiger partial charge in [-0.15, -0.1) is 11.8 Å². The van der Waals surface area contributed by atoms with Gasteiger partial charge in [-0.2, -0.15) is 5.26 Å². The molecule has 0 radical (unpaired) electrons. The third-order valence-electron chi connectivity index (χ3n) is 2.35. The maximum absolute atomic E-state index is 12.9. The number of rotatable bonds is 4. The van der Waals surface area contributed by atoms with Crippen molar-refractivity contribution >= 4 is 11.8 Å². The third kappa shape index (κ3) is 3.56. The van der Waals surface area contributed by atoms with Gasteiger partial charge < -0.3 is 0 Å². The lowest BCUT2D eigenvalue weighted by Crippen LogP contribution is -2.10. The summed E-state index contributed by atoms with van der Waals surface area (Å²) in [5.41, 5.74) is 0. The molecule has 3 heteroatoms. The summed E-state index contributed by atoms with van der Waals surface area (Å²) in [6.45, 7) is 4.10. The van der Waals surface area contributed by atoms with Gasteiger partial charge in [0.05, 0.1) is 11.3 Å². The van der Waals surface area contributed by atoms with Crippen molar-refractivity contribution < 1.29 is 4.39 Å². The molecular formula is C12H14FNS. The van der Waals surface area contributed by atoms with Gasteiger partial charge in [0, 0.05) is 4.90 Å². The lowest BCUT2D eigenvalue weighted by Gasteiger charge is -2.14. The summed E-state index contributed by atoms with van der Waals surface area (Å²) in [6.07, 6.45) is 0.959. The lowest BCUT2D eigenvalue weighted by molar-refractivity contribution is 0.588. The fourth-order valence-corrected chi connectivity index (χ4v) is 2.28. The van der Waals surface area contributed by atoms with Crippen molar-refractivity contribution in [2.75, 3.05) is 0 Å². The van der Waals surface area contributed by atoms with E-state index in [1.165, 1.54) is 23.9 Å². The van der Waals surface area contributed by atoms with Crippen molar-refractivity contribution in [3.8, 4) is 6.07 Å². The Bertz CT molecular complexity index is 359. The van der Waals surface area contributed by atoms with Gasteiger partial charge >= 0.3 is 0 Å². The van der Waals surface area contributed by atoms with Crippen molar-refractivity contribution in [3.05, 3.63) is 30.1 Å². The summed E-state index contributed by atoms with van der Waals surface area (Å²) in [6, 6.07) is 8.65. The molecule has 0 saturated heterocycles. The minimum Gasteiger partial charge on any atom is -0.207 e. The Morgan fingerprint density at radius 3 is 2.80 bits per heavy atom. The highest BCUT2D eigenvalue weighted by Crippen LogP contribution is 2.29. The number of nitriles is 1. The second kappa shape index (κ2) is 5.77. The van der Waals surface area contributed by atoms with E-state index in [2.05, 4.69) is 13.0 Å². The number of nitrogens with zero attached hydrogens (tertiary/aromatic N) is 1. The van der Waals surface area contributed by atoms with Gasteiger partial charge in [-0.25, -0.2) is 4.39 Å². The smallest absolute Gasteiger partial charge is 0.124 e. The Morgan fingerprint density at radius 2 is 2.27 bits per heavy atom. The molecule has 0 fully saturated rings. The van der Waals surface area contributed by atoms with Crippen LogP contribution in [0.1, 0.15) is 20.3 Å². The van der Waals surface area contributed by atoms with Crippen LogP contribution in [0.5, 0.6) is 0 Å². The maximum Gasteiger partial charge on any atom is 0.124 e. The Labute approximate surface area is 94.3 Å². The number of hydrogen-bond acceptors (Lipinski definition) is 2. The molecule has 0 bridgehead atoms. The zero-order chi connectivity index (χ0) is 11.3. The Kier molecular flexibility index (Phi) is 4.64. The molecule has 15 heavy (non-hydrogen) atoms. The van der Waals surface area contributed by atoms with Crippen LogP contribution in [-0.2, 0) is 0 Å². The SMILES string of the molecule is CCC(C)C(C#N)Sc1cccc(F)c1. The van der Waals surface area contributed by atoms with Crippen LogP contribution in [0.15, 0.2) is 29.2 Å². The van der Waals surface area contributed by atoms with Crippen LogP contribution in [0, 0.1) is 23.1 Å². The highest BCUT2D eigenvalue weighted by atomic mass is 32.2. The molecule has 1 rings (SSSR count). The Morgan fingerprint density at radius 1 is 1.53 bits per heavy atom. The van der Waals surface area contributed by atoms with Crippen molar-refractivity contribution in [3.63, 3.8) is 0 Å². The predicted octanol–water partition coefficient (Wildman–Crippen LogP) is 3.86. The van der Waals surface area contributed by atoms with Crippen molar-refractivity contribution in [1.29, 1.82) is 5.26 Å². The van der Waals surface area contributed by atoms with Crippen LogP contribution in [0.4, 0.5) is 4.39 Å². The van der Waals surface area contributed by atoms with Crippen molar-refractivity contribution in [2.45, 2.75) is 30.4 Å². The molecule has 0 saturated carbocycles. The van der Waals surface area contributed by atoms with Gasteiger partial charge in [0.2, 0.25) is 0 Å². The molecule has 2 unspecified atom stereocenters. The minimum atomic E-state index is -0.249. The summed E-state index contributed by atoms with van der Waals surface area (Å²) in [5.74, 6) is 0.0732. The predicted molar refractivity (Wildman–Crippen MR) is 61.1 cm³/mol. The molecule has 0 aromatic heterocycles. The topological polar surface area (TPSA) is 23.8 Å². The van der Waals surface area contributed by atoms with Gasteiger partial charge in [-0.1, -0.05) is 26.3 Å². The number of benzene rings is 1. The quantitative estimate of drug-likeness (QED) is 0.724. The van der Waals surface area contributed by atoms with Crippen LogP contribution in [0.25, 0.3) is 0 Å². The monoisotopic (exact) mass is 223 g/mol. The van der Waals surface area contributed by atoms with E-state index in [1.54, 1.807) is 6.07 Å². The van der Waals surface area contributed by atoms with Gasteiger partial charge in [-0.3, -0.25) is 0 Å². The summed E-state index contributed by atoms with van der Waals surface area (Å²) >= 11 is 1.43. The molecule has 0 heterocycles. The fourth-order valence-electron chi connectivity index (χ4n) is 1.17. The standard InChI is InChI=1S/C12H14FNS/c1-3-9(2)12(8-14)15-11-6-4-5-10(13)7-11/h4-7,9,12H,3H2,1-2H3. The zero-order valence-electron chi connectivity index (χ0n) is 8.90. The Balaban J connectivity index is 2.72. The van der Waals surface area contributed by atoms with Crippen LogP contribution in [0.2, 0.25) is 0 Å². The van der Waals surface area contributed by atoms with Crippen LogP contribution in [0.3, 0.4) is 0 Å². The second-order valence-corrected chi connectivity index (χ2v) is 4.73. The van der Waals surface area contributed by atoms with Gasteiger partial charge in [0.1, 0.15) is 5.82 Å². The number of thioether (sulfide) groups is 1. The second-order valence-electron chi connectivity index (χ2n) is 3.51. The molecule has 2 atom stereocenters. The van der Waals surface area contributed by atoms with Crippen LogP contribution < -0.4 is 0 Å². The molecular weight excluding hydrogens is 209 g/mol. The average molecular weight is 223 g/mol. The van der Waals surface area contributed by atoms with Gasteiger partial charge in [0.25, 0.3) is 0 Å². The first-order chi connectivity index (χ1) is 7.17. The largest absolute Gasteiger partial charge is 0.207 e. The van der Waals surface area contributed by atoms with Crippen molar-refractivity contribution in [1.82, 2.24) is 0 Å². The van der Waals surface area contributed by atoms with E-state index in [1.807, 2.05) is 13.0 Å². The average Bonchev–Trinajstić information content (AvgIpc) is 2.25. The lowest BCUT2D eigenvalue weighted by atomic mass is 10.1. The van der Waals surface area contributed by atoms with E-state index in [4.69, 9.17) is 5.26 Å². The summed E-state index contributed by atoms with van der Waals surface area (Å²) in [7, 11) is 0. The molecule has 0 spiro atoms. The molecule has 1 aromatic rings. The van der Waals surface area contributed by atoms with Crippen molar-refractivity contribution in [2.24, 2.45) is 5.92 Å². The number of halogens is 1. The Hall–Kier alpha value is -1.01. The summed E-state index contributed by atoms with van der Waals surface area (Å²) in [4.78, 5) is 0.821. The van der Waals surface area contributed by atoms with E-state index < -0.39 is 0 Å².